The fourth-order valence-electron chi connectivity index (χ4n) is 2.25. The van der Waals surface area contributed by atoms with Crippen molar-refractivity contribution in [3.8, 4) is 6.07 Å². The number of nitriles is 1. The highest BCUT2D eigenvalue weighted by molar-refractivity contribution is 5.48. The third-order valence-electron chi connectivity index (χ3n) is 3.49. The molecule has 1 saturated carbocycles. The molecule has 1 heterocycles. The summed E-state index contributed by atoms with van der Waals surface area (Å²) >= 11 is 0. The van der Waals surface area contributed by atoms with Crippen molar-refractivity contribution in [2.75, 3.05) is 10.6 Å². The maximum atomic E-state index is 9.01. The van der Waals surface area contributed by atoms with E-state index in [4.69, 9.17) is 11.0 Å². The summed E-state index contributed by atoms with van der Waals surface area (Å²) in [5.74, 6) is 0.878. The first kappa shape index (κ1) is 12.5. The van der Waals surface area contributed by atoms with E-state index in [9.17, 15) is 0 Å². The van der Waals surface area contributed by atoms with Crippen LogP contribution in [0.3, 0.4) is 0 Å². The summed E-state index contributed by atoms with van der Waals surface area (Å²) < 4.78 is 0. The highest BCUT2D eigenvalue weighted by atomic mass is 15.2. The van der Waals surface area contributed by atoms with Crippen molar-refractivity contribution in [2.45, 2.75) is 25.4 Å². The van der Waals surface area contributed by atoms with Crippen LogP contribution in [0.25, 0.3) is 0 Å². The van der Waals surface area contributed by atoms with Crippen LogP contribution < -0.4 is 10.6 Å². The van der Waals surface area contributed by atoms with Gasteiger partial charge in [-0.25, -0.2) is 4.98 Å². The van der Waals surface area contributed by atoms with Crippen molar-refractivity contribution in [3.63, 3.8) is 0 Å². The second-order valence-electron chi connectivity index (χ2n) is 5.12. The molecule has 1 fully saturated rings. The van der Waals surface area contributed by atoms with E-state index in [0.29, 0.717) is 11.6 Å². The van der Waals surface area contributed by atoms with Gasteiger partial charge in [0.15, 0.2) is 0 Å². The first-order valence-corrected chi connectivity index (χ1v) is 6.73. The largest absolute Gasteiger partial charge is 0.399 e. The van der Waals surface area contributed by atoms with E-state index in [2.05, 4.69) is 16.0 Å². The lowest BCUT2D eigenvalue weighted by atomic mass is 10.2. The van der Waals surface area contributed by atoms with Gasteiger partial charge in [-0.2, -0.15) is 5.26 Å². The van der Waals surface area contributed by atoms with Crippen LogP contribution in [0, 0.1) is 11.3 Å². The van der Waals surface area contributed by atoms with Crippen LogP contribution >= 0.6 is 0 Å². The fraction of sp³-hybridized carbons (Fsp3) is 0.250. The highest BCUT2D eigenvalue weighted by Gasteiger charge is 2.30. The van der Waals surface area contributed by atoms with Crippen LogP contribution in [-0.4, -0.2) is 11.0 Å². The fourth-order valence-corrected chi connectivity index (χ4v) is 2.25. The Balaban J connectivity index is 1.85. The normalized spacial score (nSPS) is 13.8. The van der Waals surface area contributed by atoms with Crippen LogP contribution in [0.2, 0.25) is 0 Å². The average Bonchev–Trinajstić information content (AvgIpc) is 3.31. The minimum atomic E-state index is 0.536. The van der Waals surface area contributed by atoms with Gasteiger partial charge in [0.25, 0.3) is 0 Å². The summed E-state index contributed by atoms with van der Waals surface area (Å²) in [6.07, 6.45) is 4.08. The predicted molar refractivity (Wildman–Crippen MR) is 79.0 cm³/mol. The van der Waals surface area contributed by atoms with Gasteiger partial charge in [-0.1, -0.05) is 12.1 Å². The van der Waals surface area contributed by atoms with E-state index >= 15 is 0 Å². The summed E-state index contributed by atoms with van der Waals surface area (Å²) in [5, 5.41) is 9.01. The zero-order chi connectivity index (χ0) is 13.9. The van der Waals surface area contributed by atoms with Gasteiger partial charge in [-0.15, -0.1) is 0 Å². The molecule has 4 heteroatoms. The average molecular weight is 264 g/mol. The standard InChI is InChI=1S/C16H16N4/c17-10-13-7-8-19-16(9-13)20(15-5-6-15)11-12-1-3-14(18)4-2-12/h1-4,7-9,15H,5-6,11,18H2. The lowest BCUT2D eigenvalue weighted by molar-refractivity contribution is 0.778. The minimum absolute atomic E-state index is 0.536. The zero-order valence-electron chi connectivity index (χ0n) is 11.2. The highest BCUT2D eigenvalue weighted by Crippen LogP contribution is 2.32. The number of rotatable bonds is 4. The molecule has 0 saturated heterocycles. The minimum Gasteiger partial charge on any atom is -0.399 e. The molecule has 0 atom stereocenters. The molecule has 3 rings (SSSR count). The molecule has 0 unspecified atom stereocenters. The Hall–Kier alpha value is -2.54. The molecule has 1 aromatic heterocycles. The Morgan fingerprint density at radius 2 is 2.00 bits per heavy atom. The molecule has 1 aliphatic rings. The molecular weight excluding hydrogens is 248 g/mol. The number of hydrogen-bond donors (Lipinski definition) is 1. The van der Waals surface area contributed by atoms with E-state index in [-0.39, 0.29) is 0 Å². The Morgan fingerprint density at radius 1 is 1.25 bits per heavy atom. The Kier molecular flexibility index (Phi) is 3.26. The molecule has 4 nitrogen and oxygen atoms in total. The molecule has 2 N–H and O–H groups in total. The van der Waals surface area contributed by atoms with Gasteiger partial charge >= 0.3 is 0 Å². The molecular formula is C16H16N4. The van der Waals surface area contributed by atoms with Gasteiger partial charge in [0.1, 0.15) is 5.82 Å². The van der Waals surface area contributed by atoms with Gasteiger partial charge in [0.05, 0.1) is 11.6 Å². The number of nitrogens with two attached hydrogens (primary N) is 1. The van der Waals surface area contributed by atoms with Gasteiger partial charge in [-0.05, 0) is 42.7 Å². The predicted octanol–water partition coefficient (Wildman–Crippen LogP) is 2.70. The van der Waals surface area contributed by atoms with Gasteiger partial charge in [0.2, 0.25) is 0 Å². The number of nitrogen functional groups attached to an aromatic ring is 1. The summed E-state index contributed by atoms with van der Waals surface area (Å²) in [6, 6.07) is 14.2. The molecule has 2 aromatic rings. The van der Waals surface area contributed by atoms with Gasteiger partial charge in [-0.3, -0.25) is 0 Å². The molecule has 1 aromatic carbocycles. The van der Waals surface area contributed by atoms with Crippen molar-refractivity contribution in [2.24, 2.45) is 0 Å². The monoisotopic (exact) mass is 264 g/mol. The van der Waals surface area contributed by atoms with Crippen LogP contribution in [0.5, 0.6) is 0 Å². The molecule has 0 radical (unpaired) electrons. The van der Waals surface area contributed by atoms with E-state index in [0.717, 1.165) is 18.1 Å². The van der Waals surface area contributed by atoms with Crippen molar-refractivity contribution in [1.29, 1.82) is 5.26 Å². The third kappa shape index (κ3) is 2.72. The number of hydrogen-bond acceptors (Lipinski definition) is 4. The van der Waals surface area contributed by atoms with Crippen molar-refractivity contribution < 1.29 is 0 Å². The molecule has 0 amide bonds. The van der Waals surface area contributed by atoms with Crippen molar-refractivity contribution in [1.82, 2.24) is 4.98 Å². The van der Waals surface area contributed by atoms with Crippen LogP contribution in [0.4, 0.5) is 11.5 Å². The Labute approximate surface area is 118 Å². The van der Waals surface area contributed by atoms with Gasteiger partial charge < -0.3 is 10.6 Å². The van der Waals surface area contributed by atoms with E-state index in [1.54, 1.807) is 12.3 Å². The first-order valence-electron chi connectivity index (χ1n) is 6.73. The smallest absolute Gasteiger partial charge is 0.130 e. The third-order valence-corrected chi connectivity index (χ3v) is 3.49. The summed E-state index contributed by atoms with van der Waals surface area (Å²) in [6.45, 7) is 0.798. The second kappa shape index (κ2) is 5.22. The maximum absolute atomic E-state index is 9.01. The molecule has 20 heavy (non-hydrogen) atoms. The van der Waals surface area contributed by atoms with Crippen LogP contribution in [0.15, 0.2) is 42.6 Å². The number of nitrogens with zero attached hydrogens (tertiary/aromatic N) is 3. The van der Waals surface area contributed by atoms with Crippen molar-refractivity contribution >= 4 is 11.5 Å². The van der Waals surface area contributed by atoms with Crippen LogP contribution in [0.1, 0.15) is 24.0 Å². The van der Waals surface area contributed by atoms with Crippen molar-refractivity contribution in [3.05, 3.63) is 53.7 Å². The number of aromatic nitrogens is 1. The number of benzene rings is 1. The summed E-state index contributed by atoms with van der Waals surface area (Å²) in [5.41, 5.74) is 8.35. The first-order chi connectivity index (χ1) is 9.76. The molecule has 1 aliphatic carbocycles. The summed E-state index contributed by atoms with van der Waals surface area (Å²) in [7, 11) is 0. The Bertz CT molecular complexity index is 638. The zero-order valence-corrected chi connectivity index (χ0v) is 11.2. The van der Waals surface area contributed by atoms with E-state index < -0.39 is 0 Å². The molecule has 0 spiro atoms. The van der Waals surface area contributed by atoms with Gasteiger partial charge in [0, 0.05) is 24.5 Å². The molecule has 0 bridgehead atoms. The molecule has 0 aliphatic heterocycles. The quantitative estimate of drug-likeness (QED) is 0.862. The number of anilines is 2. The second-order valence-corrected chi connectivity index (χ2v) is 5.12. The van der Waals surface area contributed by atoms with E-state index in [1.165, 1.54) is 18.4 Å². The van der Waals surface area contributed by atoms with E-state index in [1.807, 2.05) is 30.3 Å². The van der Waals surface area contributed by atoms with Crippen LogP contribution in [-0.2, 0) is 6.54 Å². The topological polar surface area (TPSA) is 65.9 Å². The molecule has 100 valence electrons. The SMILES string of the molecule is N#Cc1ccnc(N(Cc2ccc(N)cc2)C2CC2)c1. The maximum Gasteiger partial charge on any atom is 0.130 e. The lowest BCUT2D eigenvalue weighted by Crippen LogP contribution is -2.26. The number of pyridine rings is 1. The lowest BCUT2D eigenvalue weighted by Gasteiger charge is -2.23. The summed E-state index contributed by atoms with van der Waals surface area (Å²) in [4.78, 5) is 6.68. The Morgan fingerprint density at radius 3 is 2.65 bits per heavy atom.